The van der Waals surface area contributed by atoms with Gasteiger partial charge in [0.25, 0.3) is 0 Å². The van der Waals surface area contributed by atoms with Gasteiger partial charge in [0.05, 0.1) is 5.92 Å². The van der Waals surface area contributed by atoms with E-state index in [4.69, 9.17) is 21.9 Å². The Bertz CT molecular complexity index is 671. The predicted octanol–water partition coefficient (Wildman–Crippen LogP) is 2.44. The second-order valence-electron chi connectivity index (χ2n) is 5.68. The van der Waals surface area contributed by atoms with Crippen LogP contribution in [0, 0.1) is 0 Å². The van der Waals surface area contributed by atoms with Crippen molar-refractivity contribution in [3.63, 3.8) is 0 Å². The first-order valence-electron chi connectivity index (χ1n) is 7.75. The summed E-state index contributed by atoms with van der Waals surface area (Å²) in [6.45, 7) is 1.76. The summed E-state index contributed by atoms with van der Waals surface area (Å²) in [5.74, 6) is 1.30. The molecule has 7 heteroatoms. The largest absolute Gasteiger partial charge is 0.342 e. The third-order valence-corrected chi connectivity index (χ3v) is 4.28. The Morgan fingerprint density at radius 3 is 2.91 bits per heavy atom. The van der Waals surface area contributed by atoms with E-state index in [9.17, 15) is 4.79 Å². The lowest BCUT2D eigenvalue weighted by Gasteiger charge is -2.31. The fourth-order valence-corrected chi connectivity index (χ4v) is 2.93. The number of carbonyl (C=O) groups excluding carboxylic acids is 1. The second-order valence-corrected chi connectivity index (χ2v) is 6.12. The average Bonchev–Trinajstić information content (AvgIpc) is 3.06. The van der Waals surface area contributed by atoms with Crippen LogP contribution < -0.4 is 5.73 Å². The normalized spacial score (nSPS) is 18.2. The van der Waals surface area contributed by atoms with Crippen molar-refractivity contribution in [2.75, 3.05) is 19.6 Å². The van der Waals surface area contributed by atoms with Crippen molar-refractivity contribution in [2.45, 2.75) is 25.2 Å². The molecule has 6 nitrogen and oxygen atoms in total. The fourth-order valence-electron chi connectivity index (χ4n) is 2.80. The van der Waals surface area contributed by atoms with Gasteiger partial charge in [-0.2, -0.15) is 4.98 Å². The number of nitrogens with zero attached hydrogens (tertiary/aromatic N) is 3. The van der Waals surface area contributed by atoms with Crippen molar-refractivity contribution in [3.05, 3.63) is 35.2 Å². The molecule has 23 heavy (non-hydrogen) atoms. The number of rotatable bonds is 4. The molecule has 3 rings (SSSR count). The van der Waals surface area contributed by atoms with Gasteiger partial charge in [-0.05, 0) is 37.1 Å². The van der Waals surface area contributed by atoms with E-state index in [0.29, 0.717) is 36.2 Å². The summed E-state index contributed by atoms with van der Waals surface area (Å²) in [6, 6.07) is 7.30. The number of nitrogens with two attached hydrogens (primary N) is 1. The first kappa shape index (κ1) is 16.0. The lowest BCUT2D eigenvalue weighted by atomic mass is 9.97. The molecular formula is C16H19ClN4O2. The number of benzene rings is 1. The van der Waals surface area contributed by atoms with Crippen molar-refractivity contribution < 1.29 is 9.32 Å². The first-order valence-corrected chi connectivity index (χ1v) is 8.12. The molecule has 1 saturated heterocycles. The van der Waals surface area contributed by atoms with Crippen LogP contribution in [-0.4, -0.2) is 40.6 Å². The summed E-state index contributed by atoms with van der Waals surface area (Å²) in [5, 5.41) is 4.71. The highest BCUT2D eigenvalue weighted by atomic mass is 35.5. The lowest BCUT2D eigenvalue weighted by Crippen LogP contribution is -2.39. The molecule has 0 spiro atoms. The van der Waals surface area contributed by atoms with E-state index in [1.807, 2.05) is 17.0 Å². The van der Waals surface area contributed by atoms with Gasteiger partial charge in [-0.3, -0.25) is 4.79 Å². The number of amides is 1. The molecule has 1 fully saturated rings. The van der Waals surface area contributed by atoms with Gasteiger partial charge in [0, 0.05) is 36.6 Å². The number of hydrogen-bond donors (Lipinski definition) is 1. The van der Waals surface area contributed by atoms with Crippen LogP contribution in [0.3, 0.4) is 0 Å². The maximum absolute atomic E-state index is 12.0. The molecule has 0 bridgehead atoms. The highest BCUT2D eigenvalue weighted by Crippen LogP contribution is 2.28. The van der Waals surface area contributed by atoms with Gasteiger partial charge < -0.3 is 15.2 Å². The molecule has 0 radical (unpaired) electrons. The van der Waals surface area contributed by atoms with E-state index in [0.717, 1.165) is 24.9 Å². The Balaban J connectivity index is 1.72. The number of likely N-dealkylation sites (tertiary alicyclic amines) is 1. The first-order chi connectivity index (χ1) is 11.2. The molecule has 1 aliphatic heterocycles. The Morgan fingerprint density at radius 2 is 2.17 bits per heavy atom. The summed E-state index contributed by atoms with van der Waals surface area (Å²) < 4.78 is 5.42. The number of hydrogen-bond acceptors (Lipinski definition) is 5. The Labute approximate surface area is 139 Å². The maximum atomic E-state index is 12.0. The van der Waals surface area contributed by atoms with Crippen molar-refractivity contribution in [1.29, 1.82) is 0 Å². The molecular weight excluding hydrogens is 316 g/mol. The summed E-state index contributed by atoms with van der Waals surface area (Å²) in [6.07, 6.45) is 2.25. The SMILES string of the molecule is NCCC(=O)N1CCCC(c2nc(-c3ccc(Cl)cc3)no2)C1. The summed E-state index contributed by atoms with van der Waals surface area (Å²) in [5.41, 5.74) is 6.32. The predicted molar refractivity (Wildman–Crippen MR) is 87.0 cm³/mol. The molecule has 1 atom stereocenters. The third-order valence-electron chi connectivity index (χ3n) is 4.03. The standard InChI is InChI=1S/C16H19ClN4O2/c17-13-5-3-11(4-6-13)15-19-16(23-20-15)12-2-1-9-21(10-12)14(22)7-8-18/h3-6,12H,1-2,7-10,18H2. The molecule has 2 aromatic rings. The van der Waals surface area contributed by atoms with E-state index < -0.39 is 0 Å². The molecule has 1 unspecified atom stereocenters. The Morgan fingerprint density at radius 1 is 1.39 bits per heavy atom. The number of piperidine rings is 1. The van der Waals surface area contributed by atoms with E-state index >= 15 is 0 Å². The van der Waals surface area contributed by atoms with Gasteiger partial charge in [-0.1, -0.05) is 16.8 Å². The minimum Gasteiger partial charge on any atom is -0.342 e. The van der Waals surface area contributed by atoms with E-state index in [-0.39, 0.29) is 11.8 Å². The van der Waals surface area contributed by atoms with Crippen LogP contribution in [0.25, 0.3) is 11.4 Å². The highest BCUT2D eigenvalue weighted by molar-refractivity contribution is 6.30. The minimum atomic E-state index is 0.0824. The zero-order chi connectivity index (χ0) is 16.2. The van der Waals surface area contributed by atoms with Crippen molar-refractivity contribution in [3.8, 4) is 11.4 Å². The average molecular weight is 335 g/mol. The highest BCUT2D eigenvalue weighted by Gasteiger charge is 2.28. The van der Waals surface area contributed by atoms with Crippen molar-refractivity contribution >= 4 is 17.5 Å². The molecule has 1 aromatic heterocycles. The van der Waals surface area contributed by atoms with Crippen LogP contribution >= 0.6 is 11.6 Å². The molecule has 1 aromatic carbocycles. The topological polar surface area (TPSA) is 85.3 Å². The van der Waals surface area contributed by atoms with Crippen molar-refractivity contribution in [2.24, 2.45) is 5.73 Å². The zero-order valence-corrected chi connectivity index (χ0v) is 13.5. The van der Waals surface area contributed by atoms with Crippen LogP contribution in [0.2, 0.25) is 5.02 Å². The molecule has 122 valence electrons. The van der Waals surface area contributed by atoms with Gasteiger partial charge in [-0.25, -0.2) is 0 Å². The van der Waals surface area contributed by atoms with Crippen LogP contribution in [0.5, 0.6) is 0 Å². The smallest absolute Gasteiger partial charge is 0.231 e. The molecule has 0 saturated carbocycles. The maximum Gasteiger partial charge on any atom is 0.231 e. The Hall–Kier alpha value is -1.92. The zero-order valence-electron chi connectivity index (χ0n) is 12.7. The van der Waals surface area contributed by atoms with Gasteiger partial charge in [0.2, 0.25) is 17.6 Å². The van der Waals surface area contributed by atoms with Gasteiger partial charge in [-0.15, -0.1) is 0 Å². The lowest BCUT2D eigenvalue weighted by molar-refractivity contribution is -0.132. The summed E-state index contributed by atoms with van der Waals surface area (Å²) in [7, 11) is 0. The second kappa shape index (κ2) is 7.10. The third kappa shape index (κ3) is 3.71. The van der Waals surface area contributed by atoms with Gasteiger partial charge >= 0.3 is 0 Å². The van der Waals surface area contributed by atoms with E-state index in [1.54, 1.807) is 12.1 Å². The summed E-state index contributed by atoms with van der Waals surface area (Å²) >= 11 is 5.89. The molecule has 1 aliphatic rings. The minimum absolute atomic E-state index is 0.0824. The Kier molecular flexibility index (Phi) is 4.93. The molecule has 2 N–H and O–H groups in total. The van der Waals surface area contributed by atoms with Crippen LogP contribution in [-0.2, 0) is 4.79 Å². The molecule has 1 amide bonds. The van der Waals surface area contributed by atoms with Gasteiger partial charge in [0.15, 0.2) is 0 Å². The quantitative estimate of drug-likeness (QED) is 0.928. The van der Waals surface area contributed by atoms with Gasteiger partial charge in [0.1, 0.15) is 0 Å². The van der Waals surface area contributed by atoms with Crippen LogP contribution in [0.15, 0.2) is 28.8 Å². The molecule has 2 heterocycles. The van der Waals surface area contributed by atoms with E-state index in [1.165, 1.54) is 0 Å². The van der Waals surface area contributed by atoms with Crippen LogP contribution in [0.4, 0.5) is 0 Å². The number of halogens is 1. The molecule has 0 aliphatic carbocycles. The van der Waals surface area contributed by atoms with E-state index in [2.05, 4.69) is 10.1 Å². The fraction of sp³-hybridized carbons (Fsp3) is 0.438. The monoisotopic (exact) mass is 334 g/mol. The number of aromatic nitrogens is 2. The number of carbonyl (C=O) groups is 1. The van der Waals surface area contributed by atoms with Crippen molar-refractivity contribution in [1.82, 2.24) is 15.0 Å². The summed E-state index contributed by atoms with van der Waals surface area (Å²) in [4.78, 5) is 18.3. The van der Waals surface area contributed by atoms with Crippen LogP contribution in [0.1, 0.15) is 31.1 Å².